The smallest absolute Gasteiger partial charge is 0.0765 e. The van der Waals surface area contributed by atoms with Crippen molar-refractivity contribution in [2.45, 2.75) is 32.1 Å². The minimum absolute atomic E-state index is 0.750. The zero-order valence-electron chi connectivity index (χ0n) is 5.19. The number of rotatable bonds is 0. The Hall–Kier alpha value is -0.530. The van der Waals surface area contributed by atoms with Crippen LogP contribution in [0, 0.1) is 5.41 Å². The van der Waals surface area contributed by atoms with Crippen molar-refractivity contribution >= 4 is 6.34 Å². The Balaban J connectivity index is 0.000000145. The molecule has 0 amide bonds. The molecule has 2 heteroatoms. The van der Waals surface area contributed by atoms with E-state index in [0.29, 0.717) is 0 Å². The lowest BCUT2D eigenvalue weighted by Gasteiger charge is -1.67. The predicted octanol–water partition coefficient (Wildman–Crippen LogP) is 1.50. The fraction of sp³-hybridized carbons (Fsp3) is 0.833. The van der Waals surface area contributed by atoms with Crippen molar-refractivity contribution in [3.8, 4) is 0 Å². The Kier molecular flexibility index (Phi) is 6.04. The van der Waals surface area contributed by atoms with E-state index in [-0.39, 0.29) is 0 Å². The van der Waals surface area contributed by atoms with Crippen LogP contribution in [0.15, 0.2) is 0 Å². The van der Waals surface area contributed by atoms with Crippen LogP contribution in [0.5, 0.6) is 0 Å². The van der Waals surface area contributed by atoms with Crippen molar-refractivity contribution in [1.29, 1.82) is 5.41 Å². The minimum atomic E-state index is 0.750. The van der Waals surface area contributed by atoms with Crippen LogP contribution in [-0.2, 0) is 0 Å². The van der Waals surface area contributed by atoms with Crippen LogP contribution in [-0.4, -0.2) is 6.34 Å². The maximum atomic E-state index is 5.86. The summed E-state index contributed by atoms with van der Waals surface area (Å²) in [7, 11) is 0. The van der Waals surface area contributed by atoms with Gasteiger partial charge in [-0.3, -0.25) is 5.41 Å². The summed E-state index contributed by atoms with van der Waals surface area (Å²) in [6.07, 6.45) is 8.25. The molecule has 0 aliphatic heterocycles. The Morgan fingerprint density at radius 3 is 1.25 bits per heavy atom. The summed E-state index contributed by atoms with van der Waals surface area (Å²) in [6, 6.07) is 0. The third-order valence-corrected chi connectivity index (χ3v) is 1.25. The molecule has 2 nitrogen and oxygen atoms in total. The molecule has 8 heavy (non-hydrogen) atoms. The zero-order valence-corrected chi connectivity index (χ0v) is 5.19. The fourth-order valence-electron chi connectivity index (χ4n) is 0.884. The molecule has 1 saturated carbocycles. The number of hydrogen-bond acceptors (Lipinski definition) is 1. The van der Waals surface area contributed by atoms with Gasteiger partial charge in [0.1, 0.15) is 0 Å². The maximum absolute atomic E-state index is 5.86. The van der Waals surface area contributed by atoms with E-state index in [1.807, 2.05) is 0 Å². The van der Waals surface area contributed by atoms with Crippen molar-refractivity contribution in [3.05, 3.63) is 0 Å². The molecule has 0 radical (unpaired) electrons. The topological polar surface area (TPSA) is 49.9 Å². The Morgan fingerprint density at radius 1 is 1.00 bits per heavy atom. The van der Waals surface area contributed by atoms with Gasteiger partial charge in [0.15, 0.2) is 0 Å². The Bertz CT molecular complexity index is 40.9. The number of nitrogens with one attached hydrogen (secondary N) is 1. The molecule has 0 aromatic carbocycles. The SMILES string of the molecule is C1CCCC1.N=CN. The van der Waals surface area contributed by atoms with Gasteiger partial charge in [-0.15, -0.1) is 0 Å². The first-order valence-corrected chi connectivity index (χ1v) is 3.12. The van der Waals surface area contributed by atoms with Gasteiger partial charge in [-0.25, -0.2) is 0 Å². The van der Waals surface area contributed by atoms with Gasteiger partial charge >= 0.3 is 0 Å². The van der Waals surface area contributed by atoms with Gasteiger partial charge in [-0.1, -0.05) is 32.1 Å². The molecule has 3 N–H and O–H groups in total. The van der Waals surface area contributed by atoms with Crippen LogP contribution in [0.3, 0.4) is 0 Å². The fourth-order valence-corrected chi connectivity index (χ4v) is 0.884. The zero-order chi connectivity index (χ0) is 6.24. The lowest BCUT2D eigenvalue weighted by atomic mass is 10.4. The first kappa shape index (κ1) is 7.47. The summed E-state index contributed by atoms with van der Waals surface area (Å²) in [5.74, 6) is 0. The normalized spacial score (nSPS) is 16.5. The molecule has 0 saturated heterocycles. The van der Waals surface area contributed by atoms with E-state index in [0.717, 1.165) is 6.34 Å². The molecule has 0 heterocycles. The van der Waals surface area contributed by atoms with Crippen molar-refractivity contribution in [3.63, 3.8) is 0 Å². The van der Waals surface area contributed by atoms with E-state index >= 15 is 0 Å². The van der Waals surface area contributed by atoms with Gasteiger partial charge < -0.3 is 5.73 Å². The molecule has 48 valence electrons. The van der Waals surface area contributed by atoms with E-state index in [4.69, 9.17) is 5.41 Å². The highest BCUT2D eigenvalue weighted by atomic mass is 14.6. The van der Waals surface area contributed by atoms with Crippen LogP contribution >= 0.6 is 0 Å². The first-order chi connectivity index (χ1) is 3.91. The standard InChI is InChI=1S/C5H10.CH4N2/c1-2-4-5-3-1;2-1-3/h1-5H2;1H,(H3,2,3). The van der Waals surface area contributed by atoms with E-state index in [1.165, 1.54) is 32.1 Å². The van der Waals surface area contributed by atoms with E-state index in [9.17, 15) is 0 Å². The molecule has 1 fully saturated rings. The van der Waals surface area contributed by atoms with E-state index < -0.39 is 0 Å². The van der Waals surface area contributed by atoms with Crippen LogP contribution in [0.1, 0.15) is 32.1 Å². The highest BCUT2D eigenvalue weighted by Gasteiger charge is 1.95. The van der Waals surface area contributed by atoms with Gasteiger partial charge in [0.05, 0.1) is 6.34 Å². The molecule has 0 atom stereocenters. The second kappa shape index (κ2) is 6.47. The molecule has 0 unspecified atom stereocenters. The van der Waals surface area contributed by atoms with Gasteiger partial charge in [0, 0.05) is 0 Å². The van der Waals surface area contributed by atoms with Crippen molar-refractivity contribution < 1.29 is 0 Å². The summed E-state index contributed by atoms with van der Waals surface area (Å²) in [6.45, 7) is 0. The Morgan fingerprint density at radius 2 is 1.12 bits per heavy atom. The second-order valence-electron chi connectivity index (χ2n) is 1.93. The monoisotopic (exact) mass is 114 g/mol. The van der Waals surface area contributed by atoms with Gasteiger partial charge in [0.2, 0.25) is 0 Å². The van der Waals surface area contributed by atoms with E-state index in [2.05, 4.69) is 5.73 Å². The maximum Gasteiger partial charge on any atom is 0.0765 e. The highest BCUT2D eigenvalue weighted by molar-refractivity contribution is 5.46. The molecule has 1 aliphatic carbocycles. The molecular weight excluding hydrogens is 100 g/mol. The number of hydrogen-bond donors (Lipinski definition) is 2. The summed E-state index contributed by atoms with van der Waals surface area (Å²) < 4.78 is 0. The van der Waals surface area contributed by atoms with Crippen molar-refractivity contribution in [2.24, 2.45) is 5.73 Å². The van der Waals surface area contributed by atoms with Crippen LogP contribution in [0.25, 0.3) is 0 Å². The predicted molar refractivity (Wildman–Crippen MR) is 36.1 cm³/mol. The third-order valence-electron chi connectivity index (χ3n) is 1.25. The lowest BCUT2D eigenvalue weighted by molar-refractivity contribution is 0.886. The van der Waals surface area contributed by atoms with Crippen LogP contribution in [0.4, 0.5) is 0 Å². The molecule has 1 rings (SSSR count). The lowest BCUT2D eigenvalue weighted by Crippen LogP contribution is -1.81. The van der Waals surface area contributed by atoms with Crippen LogP contribution in [0.2, 0.25) is 0 Å². The highest BCUT2D eigenvalue weighted by Crippen LogP contribution is 2.15. The summed E-state index contributed by atoms with van der Waals surface area (Å²) in [5.41, 5.74) is 4.39. The summed E-state index contributed by atoms with van der Waals surface area (Å²) in [5, 5.41) is 5.86. The molecule has 0 spiro atoms. The molecule has 1 aliphatic rings. The molecule has 0 aromatic rings. The first-order valence-electron chi connectivity index (χ1n) is 3.12. The van der Waals surface area contributed by atoms with Gasteiger partial charge in [-0.05, 0) is 0 Å². The Labute approximate surface area is 50.6 Å². The quantitative estimate of drug-likeness (QED) is 0.364. The average molecular weight is 114 g/mol. The molecule has 0 aromatic heterocycles. The summed E-state index contributed by atoms with van der Waals surface area (Å²) >= 11 is 0. The second-order valence-corrected chi connectivity index (χ2v) is 1.93. The molecular formula is C6H14N2. The van der Waals surface area contributed by atoms with Crippen LogP contribution < -0.4 is 5.73 Å². The summed E-state index contributed by atoms with van der Waals surface area (Å²) in [4.78, 5) is 0. The third kappa shape index (κ3) is 5.47. The number of nitrogens with two attached hydrogens (primary N) is 1. The minimum Gasteiger partial charge on any atom is -0.390 e. The average Bonchev–Trinajstić information content (AvgIpc) is 2.17. The van der Waals surface area contributed by atoms with Crippen molar-refractivity contribution in [1.82, 2.24) is 0 Å². The van der Waals surface area contributed by atoms with Gasteiger partial charge in [0.25, 0.3) is 0 Å². The van der Waals surface area contributed by atoms with Crippen molar-refractivity contribution in [2.75, 3.05) is 0 Å². The van der Waals surface area contributed by atoms with Gasteiger partial charge in [-0.2, -0.15) is 0 Å². The molecule has 0 bridgehead atoms. The van der Waals surface area contributed by atoms with E-state index in [1.54, 1.807) is 0 Å². The largest absolute Gasteiger partial charge is 0.390 e.